The molecule has 0 fully saturated rings. The van der Waals surface area contributed by atoms with Crippen molar-refractivity contribution in [1.29, 1.82) is 0 Å². The molecule has 162 valence electrons. The van der Waals surface area contributed by atoms with E-state index in [0.29, 0.717) is 23.5 Å². The van der Waals surface area contributed by atoms with Gasteiger partial charge in [-0.05, 0) is 84.4 Å². The molecule has 0 saturated carbocycles. The molecule has 0 amide bonds. The van der Waals surface area contributed by atoms with Crippen LogP contribution in [0.25, 0.3) is 20.5 Å². The Hall–Kier alpha value is -4.16. The van der Waals surface area contributed by atoms with Gasteiger partial charge in [0.15, 0.2) is 5.78 Å². The molecule has 0 aliphatic rings. The zero-order valence-electron chi connectivity index (χ0n) is 17.4. The highest BCUT2D eigenvalue weighted by Crippen LogP contribution is 2.41. The van der Waals surface area contributed by atoms with Gasteiger partial charge in [-0.2, -0.15) is 0 Å². The maximum absolute atomic E-state index is 13.6. The fraction of sp³-hybridized carbons (Fsp3) is 0.0370. The highest BCUT2D eigenvalue weighted by atomic mass is 32.1. The number of hydrogen-bond acceptors (Lipinski definition) is 6. The number of benzene rings is 3. The number of nitrogens with zero attached hydrogens (tertiary/aromatic N) is 1. The fourth-order valence-corrected chi connectivity index (χ4v) is 4.85. The van der Waals surface area contributed by atoms with E-state index < -0.39 is 0 Å². The highest BCUT2D eigenvalue weighted by Gasteiger charge is 2.22. The maximum atomic E-state index is 13.6. The number of carbonyl (C=O) groups is 1. The SMILES string of the molecule is O=C(c1ccc(OCc2ccccn2)cc1)c1c(-c2ccc(O)cc2)sc2cc(O)ccc12. The monoisotopic (exact) mass is 453 g/mol. The quantitative estimate of drug-likeness (QED) is 0.300. The van der Waals surface area contributed by atoms with Crippen LogP contribution >= 0.6 is 11.3 Å². The lowest BCUT2D eigenvalue weighted by Gasteiger charge is -2.08. The van der Waals surface area contributed by atoms with Crippen molar-refractivity contribution < 1.29 is 19.7 Å². The summed E-state index contributed by atoms with van der Waals surface area (Å²) >= 11 is 1.43. The molecule has 5 nitrogen and oxygen atoms in total. The zero-order chi connectivity index (χ0) is 22.8. The van der Waals surface area contributed by atoms with Gasteiger partial charge in [0.1, 0.15) is 23.9 Å². The summed E-state index contributed by atoms with van der Waals surface area (Å²) in [6, 6.07) is 24.5. The van der Waals surface area contributed by atoms with Gasteiger partial charge in [0.2, 0.25) is 0 Å². The third kappa shape index (κ3) is 4.29. The summed E-state index contributed by atoms with van der Waals surface area (Å²) in [6.07, 6.45) is 1.72. The summed E-state index contributed by atoms with van der Waals surface area (Å²) in [7, 11) is 0. The van der Waals surface area contributed by atoms with Crippen LogP contribution in [0, 0.1) is 0 Å². The second-order valence-corrected chi connectivity index (χ2v) is 8.55. The Morgan fingerprint density at radius 2 is 1.64 bits per heavy atom. The summed E-state index contributed by atoms with van der Waals surface area (Å²) in [4.78, 5) is 18.6. The van der Waals surface area contributed by atoms with Crippen LogP contribution in [0.3, 0.4) is 0 Å². The van der Waals surface area contributed by atoms with Crippen LogP contribution in [0.15, 0.2) is 91.1 Å². The van der Waals surface area contributed by atoms with Gasteiger partial charge in [0, 0.05) is 32.3 Å². The normalized spacial score (nSPS) is 10.9. The van der Waals surface area contributed by atoms with Gasteiger partial charge >= 0.3 is 0 Å². The van der Waals surface area contributed by atoms with Crippen LogP contribution in [-0.2, 0) is 6.61 Å². The highest BCUT2D eigenvalue weighted by molar-refractivity contribution is 7.22. The lowest BCUT2D eigenvalue weighted by atomic mass is 9.97. The summed E-state index contributed by atoms with van der Waals surface area (Å²) < 4.78 is 6.60. The van der Waals surface area contributed by atoms with Crippen molar-refractivity contribution in [3.8, 4) is 27.7 Å². The van der Waals surface area contributed by atoms with Crippen molar-refractivity contribution in [3.05, 3.63) is 108 Å². The summed E-state index contributed by atoms with van der Waals surface area (Å²) in [5.74, 6) is 0.837. The predicted octanol–water partition coefficient (Wildman–Crippen LogP) is 6.18. The molecule has 0 saturated heterocycles. The molecule has 0 aliphatic heterocycles. The minimum absolute atomic E-state index is 0.119. The van der Waals surface area contributed by atoms with Crippen LogP contribution < -0.4 is 4.74 Å². The predicted molar refractivity (Wildman–Crippen MR) is 129 cm³/mol. The molecule has 5 aromatic rings. The number of phenols is 2. The zero-order valence-corrected chi connectivity index (χ0v) is 18.3. The van der Waals surface area contributed by atoms with Gasteiger partial charge in [-0.25, -0.2) is 0 Å². The Morgan fingerprint density at radius 1 is 0.879 bits per heavy atom. The summed E-state index contributed by atoms with van der Waals surface area (Å²) in [5, 5.41) is 20.4. The lowest BCUT2D eigenvalue weighted by molar-refractivity contribution is 0.104. The number of ketones is 1. The molecular formula is C27H19NO4S. The third-order valence-electron chi connectivity index (χ3n) is 5.26. The molecule has 2 aromatic heterocycles. The van der Waals surface area contributed by atoms with Crippen molar-refractivity contribution in [2.45, 2.75) is 6.61 Å². The molecule has 0 unspecified atom stereocenters. The second kappa shape index (κ2) is 8.76. The van der Waals surface area contributed by atoms with E-state index >= 15 is 0 Å². The van der Waals surface area contributed by atoms with Crippen molar-refractivity contribution >= 4 is 27.2 Å². The molecule has 2 N–H and O–H groups in total. The molecule has 3 aromatic carbocycles. The van der Waals surface area contributed by atoms with Crippen LogP contribution in [0.1, 0.15) is 21.6 Å². The molecule has 33 heavy (non-hydrogen) atoms. The van der Waals surface area contributed by atoms with E-state index in [-0.39, 0.29) is 17.3 Å². The van der Waals surface area contributed by atoms with Gasteiger partial charge in [-0.3, -0.25) is 9.78 Å². The van der Waals surface area contributed by atoms with E-state index in [0.717, 1.165) is 26.2 Å². The average molecular weight is 454 g/mol. The Morgan fingerprint density at radius 3 is 2.36 bits per heavy atom. The van der Waals surface area contributed by atoms with Crippen molar-refractivity contribution in [2.75, 3.05) is 0 Å². The number of ether oxygens (including phenoxy) is 1. The smallest absolute Gasteiger partial charge is 0.195 e. The van der Waals surface area contributed by atoms with Crippen molar-refractivity contribution in [1.82, 2.24) is 4.98 Å². The van der Waals surface area contributed by atoms with Gasteiger partial charge in [0.25, 0.3) is 0 Å². The third-order valence-corrected chi connectivity index (χ3v) is 6.46. The minimum atomic E-state index is -0.119. The lowest BCUT2D eigenvalue weighted by Crippen LogP contribution is -2.03. The number of pyridine rings is 1. The minimum Gasteiger partial charge on any atom is -0.508 e. The van der Waals surface area contributed by atoms with E-state index in [1.54, 1.807) is 72.9 Å². The molecular weight excluding hydrogens is 434 g/mol. The fourth-order valence-electron chi connectivity index (χ4n) is 3.61. The first-order valence-electron chi connectivity index (χ1n) is 10.3. The largest absolute Gasteiger partial charge is 0.508 e. The van der Waals surface area contributed by atoms with Gasteiger partial charge in [-0.1, -0.05) is 6.07 Å². The number of hydrogen-bond donors (Lipinski definition) is 2. The van der Waals surface area contributed by atoms with Gasteiger partial charge in [0.05, 0.1) is 5.69 Å². The van der Waals surface area contributed by atoms with Crippen molar-refractivity contribution in [2.24, 2.45) is 0 Å². The van der Waals surface area contributed by atoms with E-state index in [1.165, 1.54) is 11.3 Å². The molecule has 0 spiro atoms. The number of fused-ring (bicyclic) bond motifs is 1. The molecule has 0 aliphatic carbocycles. The first-order valence-corrected chi connectivity index (χ1v) is 11.1. The Bertz CT molecular complexity index is 1430. The number of phenolic OH excluding ortho intramolecular Hbond substituents is 2. The summed E-state index contributed by atoms with van der Waals surface area (Å²) in [6.45, 7) is 0.345. The Balaban J connectivity index is 1.48. The Labute approximate surface area is 194 Å². The van der Waals surface area contributed by atoms with E-state index in [4.69, 9.17) is 4.74 Å². The number of rotatable bonds is 6. The van der Waals surface area contributed by atoms with Gasteiger partial charge in [-0.15, -0.1) is 11.3 Å². The molecule has 0 radical (unpaired) electrons. The van der Waals surface area contributed by atoms with E-state index in [9.17, 15) is 15.0 Å². The topological polar surface area (TPSA) is 79.7 Å². The molecule has 0 atom stereocenters. The van der Waals surface area contributed by atoms with E-state index in [1.807, 2.05) is 18.2 Å². The first-order chi connectivity index (χ1) is 16.1. The van der Waals surface area contributed by atoms with Crippen LogP contribution in [0.4, 0.5) is 0 Å². The van der Waals surface area contributed by atoms with Crippen LogP contribution in [-0.4, -0.2) is 21.0 Å². The van der Waals surface area contributed by atoms with Gasteiger partial charge < -0.3 is 14.9 Å². The molecule has 6 heteroatoms. The summed E-state index contributed by atoms with van der Waals surface area (Å²) in [5.41, 5.74) is 2.76. The first kappa shape index (κ1) is 20.7. The number of aromatic hydroxyl groups is 2. The molecule has 2 heterocycles. The number of carbonyl (C=O) groups excluding carboxylic acids is 1. The average Bonchev–Trinajstić information content (AvgIpc) is 3.22. The van der Waals surface area contributed by atoms with Crippen molar-refractivity contribution in [3.63, 3.8) is 0 Å². The molecule has 5 rings (SSSR count). The second-order valence-electron chi connectivity index (χ2n) is 7.50. The standard InChI is InChI=1S/C27H19NO4S/c29-20-8-4-18(5-9-20)27-25(23-13-10-21(30)15-24(23)33-27)26(31)17-6-11-22(12-7-17)32-16-19-3-1-2-14-28-19/h1-15,29-30H,16H2. The number of aromatic nitrogens is 1. The maximum Gasteiger partial charge on any atom is 0.195 e. The molecule has 0 bridgehead atoms. The van der Waals surface area contributed by atoms with Crippen LogP contribution in [0.2, 0.25) is 0 Å². The van der Waals surface area contributed by atoms with E-state index in [2.05, 4.69) is 4.98 Å². The van der Waals surface area contributed by atoms with Crippen LogP contribution in [0.5, 0.6) is 17.2 Å². The number of thiophene rings is 1. The Kier molecular flexibility index (Phi) is 5.50.